The van der Waals surface area contributed by atoms with Gasteiger partial charge in [0.15, 0.2) is 5.96 Å². The number of halogens is 1. The zero-order chi connectivity index (χ0) is 13.4. The Morgan fingerprint density at radius 1 is 1.26 bits per heavy atom. The summed E-state index contributed by atoms with van der Waals surface area (Å²) in [6, 6.07) is 0. The zero-order valence-corrected chi connectivity index (χ0v) is 15.4. The number of unbranched alkanes of at least 4 members (excludes halogenated alkanes) is 1. The molecule has 0 saturated carbocycles. The molecule has 2 N–H and O–H groups in total. The number of aromatic nitrogens is 1. The summed E-state index contributed by atoms with van der Waals surface area (Å²) in [5.74, 6) is 0.899. The van der Waals surface area contributed by atoms with Crippen LogP contribution in [0.25, 0.3) is 0 Å². The lowest BCUT2D eigenvalue weighted by molar-refractivity contribution is 0.730. The number of rotatable bonds is 6. The Labute approximate surface area is 137 Å². The van der Waals surface area contributed by atoms with Gasteiger partial charge in [0, 0.05) is 18.0 Å². The Morgan fingerprint density at radius 3 is 2.53 bits per heavy atom. The summed E-state index contributed by atoms with van der Waals surface area (Å²) in [7, 11) is 0. The molecule has 0 unspecified atom stereocenters. The average molecular weight is 396 g/mol. The molecule has 1 aromatic heterocycles. The van der Waals surface area contributed by atoms with E-state index in [-0.39, 0.29) is 24.0 Å². The molecule has 1 rings (SSSR count). The molecular formula is C13H25IN4S. The highest BCUT2D eigenvalue weighted by Crippen LogP contribution is 2.17. The summed E-state index contributed by atoms with van der Waals surface area (Å²) in [5, 5.41) is 7.71. The smallest absolute Gasteiger partial charge is 0.191 e. The van der Waals surface area contributed by atoms with Crippen LogP contribution in [0.1, 0.15) is 42.3 Å². The monoisotopic (exact) mass is 396 g/mol. The fourth-order valence-electron chi connectivity index (χ4n) is 1.60. The number of nitrogens with zero attached hydrogens (tertiary/aromatic N) is 2. The zero-order valence-electron chi connectivity index (χ0n) is 12.2. The molecule has 0 radical (unpaired) electrons. The number of aryl methyl sites for hydroxylation is 2. The van der Waals surface area contributed by atoms with Crippen molar-refractivity contribution < 1.29 is 0 Å². The molecule has 0 atom stereocenters. The van der Waals surface area contributed by atoms with Gasteiger partial charge >= 0.3 is 0 Å². The van der Waals surface area contributed by atoms with Crippen LogP contribution in [0.15, 0.2) is 4.99 Å². The second kappa shape index (κ2) is 10.4. The van der Waals surface area contributed by atoms with Crippen LogP contribution in [0, 0.1) is 13.8 Å². The first-order valence-corrected chi connectivity index (χ1v) is 7.44. The average Bonchev–Trinajstić information content (AvgIpc) is 2.65. The first-order valence-electron chi connectivity index (χ1n) is 6.62. The Kier molecular flexibility index (Phi) is 10.2. The van der Waals surface area contributed by atoms with E-state index in [1.807, 2.05) is 13.8 Å². The summed E-state index contributed by atoms with van der Waals surface area (Å²) in [6.07, 6.45) is 2.36. The Balaban J connectivity index is 0.00000324. The van der Waals surface area contributed by atoms with Crippen LogP contribution >= 0.6 is 35.3 Å². The predicted molar refractivity (Wildman–Crippen MR) is 94.7 cm³/mol. The number of hydrogen-bond acceptors (Lipinski definition) is 3. The number of thiazole rings is 1. The van der Waals surface area contributed by atoms with Gasteiger partial charge in [-0.2, -0.15) is 0 Å². The number of aliphatic imine (C=N–C) groups is 1. The van der Waals surface area contributed by atoms with E-state index in [4.69, 9.17) is 0 Å². The summed E-state index contributed by atoms with van der Waals surface area (Å²) in [4.78, 5) is 10.3. The fraction of sp³-hybridized carbons (Fsp3) is 0.692. The van der Waals surface area contributed by atoms with E-state index in [0.29, 0.717) is 6.54 Å². The molecular weight excluding hydrogens is 371 g/mol. The predicted octanol–water partition coefficient (Wildman–Crippen LogP) is 3.23. The molecule has 0 spiro atoms. The summed E-state index contributed by atoms with van der Waals surface area (Å²) >= 11 is 1.73. The number of guanidine groups is 1. The van der Waals surface area contributed by atoms with Gasteiger partial charge in [0.25, 0.3) is 0 Å². The van der Waals surface area contributed by atoms with Gasteiger partial charge < -0.3 is 10.6 Å². The Hall–Kier alpha value is -0.370. The second-order valence-electron chi connectivity index (χ2n) is 4.22. The molecule has 0 saturated heterocycles. The molecule has 0 fully saturated rings. The van der Waals surface area contributed by atoms with Gasteiger partial charge in [-0.3, -0.25) is 0 Å². The number of hydrogen-bond donors (Lipinski definition) is 2. The minimum atomic E-state index is 0. The molecule has 0 bridgehead atoms. The molecule has 0 aliphatic heterocycles. The van der Waals surface area contributed by atoms with E-state index in [9.17, 15) is 0 Å². The SMILES string of the molecule is CCCCNC(=NCc1sc(C)nc1C)NCC.I. The molecule has 6 heteroatoms. The lowest BCUT2D eigenvalue weighted by Gasteiger charge is -2.10. The molecule has 1 heterocycles. The molecule has 0 aromatic carbocycles. The lowest BCUT2D eigenvalue weighted by atomic mass is 10.3. The maximum Gasteiger partial charge on any atom is 0.191 e. The van der Waals surface area contributed by atoms with Crippen molar-refractivity contribution in [1.29, 1.82) is 0 Å². The van der Waals surface area contributed by atoms with E-state index in [2.05, 4.69) is 34.5 Å². The van der Waals surface area contributed by atoms with Gasteiger partial charge in [0.05, 0.1) is 17.2 Å². The standard InChI is InChI=1S/C13H24N4S.HI/c1-5-7-8-15-13(14-6-2)16-9-12-10(3)17-11(4)18-12;/h5-9H2,1-4H3,(H2,14,15,16);1H. The Bertz CT molecular complexity index is 390. The van der Waals surface area contributed by atoms with Crippen molar-refractivity contribution in [3.63, 3.8) is 0 Å². The highest BCUT2D eigenvalue weighted by Gasteiger charge is 2.04. The van der Waals surface area contributed by atoms with Crippen molar-refractivity contribution in [2.45, 2.75) is 47.1 Å². The summed E-state index contributed by atoms with van der Waals surface area (Å²) < 4.78 is 0. The van der Waals surface area contributed by atoms with Crippen molar-refractivity contribution in [2.24, 2.45) is 4.99 Å². The van der Waals surface area contributed by atoms with E-state index < -0.39 is 0 Å². The maximum absolute atomic E-state index is 4.59. The molecule has 1 aromatic rings. The molecule has 0 amide bonds. The van der Waals surface area contributed by atoms with Crippen LogP contribution in [0.3, 0.4) is 0 Å². The van der Waals surface area contributed by atoms with Crippen LogP contribution in [-0.4, -0.2) is 24.0 Å². The van der Waals surface area contributed by atoms with Crippen LogP contribution < -0.4 is 10.6 Å². The number of nitrogens with one attached hydrogen (secondary N) is 2. The quantitative estimate of drug-likeness (QED) is 0.336. The molecule has 19 heavy (non-hydrogen) atoms. The molecule has 0 aliphatic rings. The van der Waals surface area contributed by atoms with Crippen LogP contribution in [0.2, 0.25) is 0 Å². The van der Waals surface area contributed by atoms with E-state index >= 15 is 0 Å². The largest absolute Gasteiger partial charge is 0.357 e. The van der Waals surface area contributed by atoms with Gasteiger partial charge in [-0.1, -0.05) is 13.3 Å². The lowest BCUT2D eigenvalue weighted by Crippen LogP contribution is -2.37. The topological polar surface area (TPSA) is 49.3 Å². The van der Waals surface area contributed by atoms with E-state index in [1.54, 1.807) is 11.3 Å². The highest BCUT2D eigenvalue weighted by molar-refractivity contribution is 14.0. The van der Waals surface area contributed by atoms with Gasteiger partial charge in [-0.25, -0.2) is 9.98 Å². The third-order valence-corrected chi connectivity index (χ3v) is 3.60. The summed E-state index contributed by atoms with van der Waals surface area (Å²) in [5.41, 5.74) is 1.10. The van der Waals surface area contributed by atoms with E-state index in [1.165, 1.54) is 17.7 Å². The first-order chi connectivity index (χ1) is 8.67. The van der Waals surface area contributed by atoms with Crippen molar-refractivity contribution >= 4 is 41.3 Å². The van der Waals surface area contributed by atoms with Crippen LogP contribution in [-0.2, 0) is 6.54 Å². The molecule has 110 valence electrons. The van der Waals surface area contributed by atoms with Gasteiger partial charge in [0.1, 0.15) is 0 Å². The molecule has 4 nitrogen and oxygen atoms in total. The van der Waals surface area contributed by atoms with Crippen molar-refractivity contribution in [3.8, 4) is 0 Å². The summed E-state index contributed by atoms with van der Waals surface area (Å²) in [6.45, 7) is 10.9. The third-order valence-electron chi connectivity index (χ3n) is 2.55. The van der Waals surface area contributed by atoms with Gasteiger partial charge in [-0.05, 0) is 27.2 Å². The molecule has 0 aliphatic carbocycles. The van der Waals surface area contributed by atoms with Crippen molar-refractivity contribution in [3.05, 3.63) is 15.6 Å². The Morgan fingerprint density at radius 2 is 2.00 bits per heavy atom. The van der Waals surface area contributed by atoms with Crippen LogP contribution in [0.5, 0.6) is 0 Å². The first kappa shape index (κ1) is 18.6. The minimum absolute atomic E-state index is 0. The van der Waals surface area contributed by atoms with Gasteiger partial charge in [-0.15, -0.1) is 35.3 Å². The van der Waals surface area contributed by atoms with Crippen LogP contribution in [0.4, 0.5) is 0 Å². The van der Waals surface area contributed by atoms with E-state index in [0.717, 1.165) is 29.8 Å². The normalized spacial score (nSPS) is 11.1. The highest BCUT2D eigenvalue weighted by atomic mass is 127. The second-order valence-corrected chi connectivity index (χ2v) is 5.50. The van der Waals surface area contributed by atoms with Crippen molar-refractivity contribution in [1.82, 2.24) is 15.6 Å². The minimum Gasteiger partial charge on any atom is -0.357 e. The third kappa shape index (κ3) is 7.10. The maximum atomic E-state index is 4.59. The van der Waals surface area contributed by atoms with Crippen molar-refractivity contribution in [2.75, 3.05) is 13.1 Å². The fourth-order valence-corrected chi connectivity index (χ4v) is 2.46. The van der Waals surface area contributed by atoms with Gasteiger partial charge in [0.2, 0.25) is 0 Å².